The molecule has 0 aromatic carbocycles. The molecule has 0 aromatic heterocycles. The first kappa shape index (κ1) is 70.8. The van der Waals surface area contributed by atoms with Crippen LogP contribution in [0.15, 0.2) is 72.9 Å². The summed E-state index contributed by atoms with van der Waals surface area (Å²) < 4.78 is 16.8. The molecule has 0 aromatic rings. The molecule has 0 amide bonds. The third-order valence-corrected chi connectivity index (χ3v) is 13.9. The van der Waals surface area contributed by atoms with Crippen molar-refractivity contribution in [3.63, 3.8) is 0 Å². The first-order chi connectivity index (χ1) is 36.5. The van der Waals surface area contributed by atoms with E-state index in [1.165, 1.54) is 180 Å². The van der Waals surface area contributed by atoms with Crippen LogP contribution in [0, 0.1) is 0 Å². The molecule has 0 aliphatic carbocycles. The van der Waals surface area contributed by atoms with Crippen molar-refractivity contribution in [2.75, 3.05) is 13.2 Å². The molecule has 0 radical (unpaired) electrons. The number of carbonyl (C=O) groups excluding carboxylic acids is 3. The lowest BCUT2D eigenvalue weighted by Gasteiger charge is -2.18. The summed E-state index contributed by atoms with van der Waals surface area (Å²) in [5.74, 6) is -0.958. The van der Waals surface area contributed by atoms with Crippen molar-refractivity contribution in [2.45, 2.75) is 329 Å². The Labute approximate surface area is 459 Å². The maximum atomic E-state index is 12.8. The Kier molecular flexibility index (Phi) is 59.7. The molecule has 0 heterocycles. The summed E-state index contributed by atoms with van der Waals surface area (Å²) >= 11 is 0. The molecule has 6 nitrogen and oxygen atoms in total. The lowest BCUT2D eigenvalue weighted by atomic mass is 10.0. The molecular formula is C68H120O6. The van der Waals surface area contributed by atoms with Gasteiger partial charge in [-0.05, 0) is 77.0 Å². The molecule has 74 heavy (non-hydrogen) atoms. The molecule has 0 N–H and O–H groups in total. The topological polar surface area (TPSA) is 78.9 Å². The Morgan fingerprint density at radius 3 is 0.932 bits per heavy atom. The standard InChI is InChI=1S/C68H120O6/c1-4-7-10-13-16-19-22-24-26-28-29-30-31-32-33-34-35-36-37-38-39-41-42-44-46-49-52-55-58-61-67(70)73-64-65(63-72-66(69)60-57-54-51-48-21-18-15-12-9-6-3)74-68(71)62-59-56-53-50-47-45-43-40-27-25-23-20-17-14-11-8-5-2/h8,11-12,15,17,20,25,27,43,45,50,53,65H,4-7,9-10,13-14,16,18-19,21-24,26,28-42,44,46-49,51-52,54-64H2,1-3H3/b11-8-,15-12-,20-17-,27-25-,45-43-,53-50-. The first-order valence-electron chi connectivity index (χ1n) is 31.9. The molecule has 428 valence electrons. The second kappa shape index (κ2) is 62.4. The van der Waals surface area contributed by atoms with Gasteiger partial charge in [0.15, 0.2) is 6.10 Å². The zero-order valence-corrected chi connectivity index (χ0v) is 49.1. The van der Waals surface area contributed by atoms with Crippen LogP contribution >= 0.6 is 0 Å². The Morgan fingerprint density at radius 2 is 0.568 bits per heavy atom. The average molecular weight is 1030 g/mol. The number of allylic oxidation sites excluding steroid dienone is 12. The molecule has 0 aliphatic heterocycles. The van der Waals surface area contributed by atoms with Gasteiger partial charge < -0.3 is 14.2 Å². The number of carbonyl (C=O) groups is 3. The fourth-order valence-corrected chi connectivity index (χ4v) is 9.19. The van der Waals surface area contributed by atoms with Gasteiger partial charge in [0, 0.05) is 19.3 Å². The molecule has 0 saturated heterocycles. The van der Waals surface area contributed by atoms with Crippen molar-refractivity contribution < 1.29 is 28.6 Å². The van der Waals surface area contributed by atoms with Crippen LogP contribution in [0.25, 0.3) is 0 Å². The molecule has 0 rings (SSSR count). The van der Waals surface area contributed by atoms with Gasteiger partial charge in [-0.25, -0.2) is 0 Å². The highest BCUT2D eigenvalue weighted by atomic mass is 16.6. The van der Waals surface area contributed by atoms with Gasteiger partial charge >= 0.3 is 17.9 Å². The lowest BCUT2D eigenvalue weighted by Crippen LogP contribution is -2.30. The van der Waals surface area contributed by atoms with Gasteiger partial charge in [-0.15, -0.1) is 0 Å². The maximum absolute atomic E-state index is 12.8. The fourth-order valence-electron chi connectivity index (χ4n) is 9.19. The summed E-state index contributed by atoms with van der Waals surface area (Å²) in [6.45, 7) is 6.44. The highest BCUT2D eigenvalue weighted by Gasteiger charge is 2.19. The van der Waals surface area contributed by atoms with E-state index in [-0.39, 0.29) is 37.5 Å². The van der Waals surface area contributed by atoms with Crippen LogP contribution in [0.2, 0.25) is 0 Å². The molecule has 0 fully saturated rings. The van der Waals surface area contributed by atoms with Crippen LogP contribution in [0.3, 0.4) is 0 Å². The average Bonchev–Trinajstić information content (AvgIpc) is 3.40. The van der Waals surface area contributed by atoms with E-state index in [4.69, 9.17) is 14.2 Å². The first-order valence-corrected chi connectivity index (χ1v) is 31.9. The Hall–Kier alpha value is -3.15. The summed E-state index contributed by atoms with van der Waals surface area (Å²) in [6, 6.07) is 0. The van der Waals surface area contributed by atoms with Crippen molar-refractivity contribution in [3.05, 3.63) is 72.9 Å². The third-order valence-electron chi connectivity index (χ3n) is 13.9. The van der Waals surface area contributed by atoms with Crippen molar-refractivity contribution in [1.82, 2.24) is 0 Å². The minimum Gasteiger partial charge on any atom is -0.462 e. The molecule has 0 bridgehead atoms. The predicted octanol–water partition coefficient (Wildman–Crippen LogP) is 21.7. The molecule has 0 aliphatic rings. The van der Waals surface area contributed by atoms with Gasteiger partial charge in [-0.2, -0.15) is 0 Å². The Bertz CT molecular complexity index is 1370. The van der Waals surface area contributed by atoms with E-state index in [1.54, 1.807) is 0 Å². The highest BCUT2D eigenvalue weighted by Crippen LogP contribution is 2.18. The van der Waals surface area contributed by atoms with Gasteiger partial charge in [0.05, 0.1) is 0 Å². The minimum atomic E-state index is -0.807. The van der Waals surface area contributed by atoms with Crippen LogP contribution in [0.5, 0.6) is 0 Å². The van der Waals surface area contributed by atoms with Gasteiger partial charge in [-0.3, -0.25) is 14.4 Å². The smallest absolute Gasteiger partial charge is 0.306 e. The van der Waals surface area contributed by atoms with Gasteiger partial charge in [0.2, 0.25) is 0 Å². The summed E-state index contributed by atoms with van der Waals surface area (Å²) in [4.78, 5) is 38.1. The number of ether oxygens (including phenoxy) is 3. The van der Waals surface area contributed by atoms with E-state index in [2.05, 4.69) is 93.7 Å². The third kappa shape index (κ3) is 59.7. The molecule has 0 spiro atoms. The number of rotatable bonds is 58. The van der Waals surface area contributed by atoms with E-state index in [9.17, 15) is 14.4 Å². The Balaban J connectivity index is 4.18. The highest BCUT2D eigenvalue weighted by molar-refractivity contribution is 5.71. The second-order valence-corrected chi connectivity index (χ2v) is 21.3. The SMILES string of the molecule is CC/C=C\C/C=C\C/C=C\C/C=C\C/C=C\CCCC(=O)OC(COC(=O)CCCCCCC/C=C\CCC)COC(=O)CCCCCCCCCCCCCCCCCCCCCCCCCCCCCCC. The minimum absolute atomic E-state index is 0.0983. The van der Waals surface area contributed by atoms with Crippen molar-refractivity contribution in [1.29, 1.82) is 0 Å². The number of hydrogen-bond donors (Lipinski definition) is 0. The van der Waals surface area contributed by atoms with E-state index in [0.717, 1.165) is 96.3 Å². The van der Waals surface area contributed by atoms with Gasteiger partial charge in [0.1, 0.15) is 13.2 Å². The monoisotopic (exact) mass is 1030 g/mol. The van der Waals surface area contributed by atoms with Crippen LogP contribution in [0.4, 0.5) is 0 Å². The van der Waals surface area contributed by atoms with E-state index in [1.807, 2.05) is 0 Å². The maximum Gasteiger partial charge on any atom is 0.306 e. The van der Waals surface area contributed by atoms with Crippen LogP contribution in [0.1, 0.15) is 323 Å². The molecule has 0 saturated carbocycles. The summed E-state index contributed by atoms with van der Waals surface area (Å²) in [7, 11) is 0. The molecule has 1 unspecified atom stereocenters. The van der Waals surface area contributed by atoms with Crippen molar-refractivity contribution in [2.24, 2.45) is 0 Å². The summed E-state index contributed by atoms with van der Waals surface area (Å²) in [5.41, 5.74) is 0. The number of hydrogen-bond acceptors (Lipinski definition) is 6. The Morgan fingerprint density at radius 1 is 0.284 bits per heavy atom. The second-order valence-electron chi connectivity index (χ2n) is 21.3. The molecular weight excluding hydrogens is 913 g/mol. The van der Waals surface area contributed by atoms with Crippen molar-refractivity contribution >= 4 is 17.9 Å². The number of unbranched alkanes of at least 4 members (excludes halogenated alkanes) is 35. The molecule has 6 heteroatoms. The predicted molar refractivity (Wildman–Crippen MR) is 321 cm³/mol. The normalized spacial score (nSPS) is 12.5. The van der Waals surface area contributed by atoms with Crippen LogP contribution in [-0.4, -0.2) is 37.2 Å². The van der Waals surface area contributed by atoms with E-state index < -0.39 is 6.10 Å². The fraction of sp³-hybridized carbons (Fsp3) is 0.779. The summed E-state index contributed by atoms with van der Waals surface area (Å²) in [5, 5.41) is 0. The largest absolute Gasteiger partial charge is 0.462 e. The van der Waals surface area contributed by atoms with Crippen molar-refractivity contribution in [3.8, 4) is 0 Å². The van der Waals surface area contributed by atoms with Crippen LogP contribution in [-0.2, 0) is 28.6 Å². The quantitative estimate of drug-likeness (QED) is 0.0261. The number of esters is 3. The van der Waals surface area contributed by atoms with Gasteiger partial charge in [0.25, 0.3) is 0 Å². The summed E-state index contributed by atoms with van der Waals surface area (Å²) in [6.07, 6.45) is 80.9. The lowest BCUT2D eigenvalue weighted by molar-refractivity contribution is -0.167. The zero-order chi connectivity index (χ0) is 53.6. The van der Waals surface area contributed by atoms with E-state index in [0.29, 0.717) is 19.3 Å². The van der Waals surface area contributed by atoms with E-state index >= 15 is 0 Å². The van der Waals surface area contributed by atoms with Crippen LogP contribution < -0.4 is 0 Å². The van der Waals surface area contributed by atoms with Gasteiger partial charge in [-0.1, -0.05) is 299 Å². The zero-order valence-electron chi connectivity index (χ0n) is 49.1. The molecule has 1 atom stereocenters.